The Bertz CT molecular complexity index is 1020. The molecular weight excluding hydrogens is 479 g/mol. The van der Waals surface area contributed by atoms with Crippen molar-refractivity contribution in [2.45, 2.75) is 118 Å². The summed E-state index contributed by atoms with van der Waals surface area (Å²) < 4.78 is 10.1. The second-order valence-corrected chi connectivity index (χ2v) is 14.2. The van der Waals surface area contributed by atoms with Gasteiger partial charge in [0.1, 0.15) is 11.5 Å². The number of hydrogen-bond donors (Lipinski definition) is 1. The molecule has 0 amide bonds. The first-order valence-electron chi connectivity index (χ1n) is 13.1. The van der Waals surface area contributed by atoms with Gasteiger partial charge in [-0.05, 0) is 56.4 Å². The van der Waals surface area contributed by atoms with Gasteiger partial charge in [0.05, 0.1) is 16.6 Å². The van der Waals surface area contributed by atoms with Crippen molar-refractivity contribution in [2.75, 3.05) is 7.11 Å². The summed E-state index contributed by atoms with van der Waals surface area (Å²) in [5.74, 6) is 1.11. The number of benzene rings is 2. The van der Waals surface area contributed by atoms with Gasteiger partial charge in [-0.3, -0.25) is 4.79 Å². The highest BCUT2D eigenvalue weighted by atomic mass is 31.0. The molecule has 4 nitrogen and oxygen atoms in total. The van der Waals surface area contributed by atoms with Crippen molar-refractivity contribution in [3.8, 4) is 11.5 Å². The van der Waals surface area contributed by atoms with Crippen molar-refractivity contribution >= 4 is 15.4 Å². The van der Waals surface area contributed by atoms with Crippen LogP contribution in [0.5, 0.6) is 11.5 Å². The van der Waals surface area contributed by atoms with Crippen LogP contribution in [0.15, 0.2) is 30.3 Å². The number of carbonyl (C=O) groups is 1. The average molecular weight is 531 g/mol. The first-order valence-corrected chi connectivity index (χ1v) is 13.6. The predicted molar refractivity (Wildman–Crippen MR) is 160 cm³/mol. The van der Waals surface area contributed by atoms with Gasteiger partial charge in [0.2, 0.25) is 0 Å². The maximum absolute atomic E-state index is 11.3. The van der Waals surface area contributed by atoms with E-state index in [1.165, 1.54) is 18.2 Å². The second-order valence-electron chi connectivity index (χ2n) is 13.9. The number of hydrogen-bond acceptors (Lipinski definition) is 4. The Hall–Kier alpha value is -2.06. The molecule has 0 saturated carbocycles. The van der Waals surface area contributed by atoms with E-state index in [1.54, 1.807) is 0 Å². The first-order chi connectivity index (χ1) is 16.6. The van der Waals surface area contributed by atoms with Gasteiger partial charge in [0, 0.05) is 12.0 Å². The number of carbonyl (C=O) groups excluding carboxylic acids is 1. The number of rotatable bonds is 4. The normalized spacial score (nSPS) is 12.5. The number of methoxy groups -OCH3 is 1. The molecule has 1 unspecified atom stereocenters. The summed E-state index contributed by atoms with van der Waals surface area (Å²) >= 11 is 0. The molecule has 0 fully saturated rings. The van der Waals surface area contributed by atoms with Crippen LogP contribution in [-0.2, 0) is 37.6 Å². The summed E-state index contributed by atoms with van der Waals surface area (Å²) in [5.41, 5.74) is 5.51. The molecule has 37 heavy (non-hydrogen) atoms. The minimum absolute atomic E-state index is 0.104. The topological polar surface area (TPSA) is 55.8 Å². The Morgan fingerprint density at radius 1 is 0.757 bits per heavy atom. The van der Waals surface area contributed by atoms with Crippen LogP contribution in [0.3, 0.4) is 0 Å². The highest BCUT2D eigenvalue weighted by Crippen LogP contribution is 2.40. The van der Waals surface area contributed by atoms with Crippen LogP contribution in [0.1, 0.15) is 117 Å². The van der Waals surface area contributed by atoms with E-state index in [0.29, 0.717) is 18.6 Å². The largest absolute Gasteiger partial charge is 0.507 e. The van der Waals surface area contributed by atoms with Gasteiger partial charge >= 0.3 is 5.97 Å². The highest BCUT2D eigenvalue weighted by molar-refractivity contribution is 7.10. The van der Waals surface area contributed by atoms with Crippen molar-refractivity contribution < 1.29 is 19.2 Å². The number of ether oxygens (including phenoxy) is 1. The van der Waals surface area contributed by atoms with E-state index in [9.17, 15) is 9.90 Å². The molecule has 2 aromatic rings. The van der Waals surface area contributed by atoms with Crippen LogP contribution in [0, 0.1) is 0 Å². The molecule has 0 aliphatic carbocycles. The quantitative estimate of drug-likeness (QED) is 0.318. The van der Waals surface area contributed by atoms with Gasteiger partial charge in [0.15, 0.2) is 0 Å². The fourth-order valence-corrected chi connectivity index (χ4v) is 4.22. The van der Waals surface area contributed by atoms with Crippen LogP contribution < -0.4 is 4.52 Å². The van der Waals surface area contributed by atoms with Crippen molar-refractivity contribution in [3.05, 3.63) is 58.1 Å². The molecule has 0 spiro atoms. The SMILES string of the molecule is CC(C)(C)c1ccc(OP)c(C(C)(C)C)c1.COC(=O)CCc1cc(C(C)(C)C)c(O)c(C(C)(C)C)c1. The first kappa shape index (κ1) is 33.0. The molecule has 2 aromatic carbocycles. The van der Waals surface area contributed by atoms with Crippen molar-refractivity contribution in [2.24, 2.45) is 0 Å². The van der Waals surface area contributed by atoms with E-state index in [4.69, 9.17) is 9.26 Å². The summed E-state index contributed by atoms with van der Waals surface area (Å²) in [6.45, 7) is 25.8. The Morgan fingerprint density at radius 3 is 1.57 bits per heavy atom. The van der Waals surface area contributed by atoms with E-state index in [0.717, 1.165) is 22.4 Å². The Morgan fingerprint density at radius 2 is 1.22 bits per heavy atom. The standard InChI is InChI=1S/C18H28O3.C14H23OP/c1-17(2,3)13-10-12(8-9-15(19)21-7)11-14(16(13)20)18(4,5)6;1-13(2,3)10-7-8-12(15-16)11(9-10)14(4,5)6/h10-11,20H,8-9H2,1-7H3;7-9H,16H2,1-6H3. The lowest BCUT2D eigenvalue weighted by Crippen LogP contribution is -2.18. The van der Waals surface area contributed by atoms with Crippen molar-refractivity contribution in [1.29, 1.82) is 0 Å². The molecule has 2 rings (SSSR count). The van der Waals surface area contributed by atoms with Gasteiger partial charge in [-0.2, -0.15) is 0 Å². The number of phenols is 1. The fraction of sp³-hybridized carbons (Fsp3) is 0.594. The van der Waals surface area contributed by atoms with Gasteiger partial charge in [-0.1, -0.05) is 107 Å². The van der Waals surface area contributed by atoms with E-state index >= 15 is 0 Å². The lowest BCUT2D eigenvalue weighted by molar-refractivity contribution is -0.140. The highest BCUT2D eigenvalue weighted by Gasteiger charge is 2.26. The van der Waals surface area contributed by atoms with Crippen LogP contribution in [0.2, 0.25) is 0 Å². The molecule has 1 N–H and O–H groups in total. The minimum atomic E-state index is -0.210. The molecule has 0 saturated heterocycles. The van der Waals surface area contributed by atoms with E-state index < -0.39 is 0 Å². The third-order valence-corrected chi connectivity index (χ3v) is 6.67. The average Bonchev–Trinajstić information content (AvgIpc) is 2.75. The van der Waals surface area contributed by atoms with Gasteiger partial charge in [0.25, 0.3) is 0 Å². The third kappa shape index (κ3) is 9.64. The molecule has 208 valence electrons. The number of aromatic hydroxyl groups is 1. The number of phenolic OH excluding ortho intramolecular Hbond substituents is 1. The monoisotopic (exact) mass is 530 g/mol. The van der Waals surface area contributed by atoms with E-state index in [2.05, 4.69) is 111 Å². The van der Waals surface area contributed by atoms with Crippen molar-refractivity contribution in [1.82, 2.24) is 0 Å². The summed E-state index contributed by atoms with van der Waals surface area (Å²) in [4.78, 5) is 11.3. The fourth-order valence-electron chi connectivity index (χ4n) is 4.02. The maximum atomic E-state index is 11.3. The molecule has 0 heterocycles. The lowest BCUT2D eigenvalue weighted by atomic mass is 9.78. The van der Waals surface area contributed by atoms with Crippen LogP contribution >= 0.6 is 9.47 Å². The molecule has 0 radical (unpaired) electrons. The molecule has 5 heteroatoms. The Balaban J connectivity index is 0.000000384. The zero-order valence-electron chi connectivity index (χ0n) is 25.6. The molecule has 1 atom stereocenters. The van der Waals surface area contributed by atoms with Crippen molar-refractivity contribution in [3.63, 3.8) is 0 Å². The zero-order chi connectivity index (χ0) is 29.0. The predicted octanol–water partition coefficient (Wildman–Crippen LogP) is 8.54. The zero-order valence-corrected chi connectivity index (χ0v) is 26.7. The lowest BCUT2D eigenvalue weighted by Gasteiger charge is -2.28. The van der Waals surface area contributed by atoms with E-state index in [-0.39, 0.29) is 27.6 Å². The molecule has 0 aromatic heterocycles. The Labute approximate surface area is 228 Å². The van der Waals surface area contributed by atoms with Gasteiger partial charge in [-0.15, -0.1) is 0 Å². The summed E-state index contributed by atoms with van der Waals surface area (Å²) in [7, 11) is 3.74. The molecular formula is C32H51O4P. The summed E-state index contributed by atoms with van der Waals surface area (Å²) in [6.07, 6.45) is 0.980. The van der Waals surface area contributed by atoms with E-state index in [1.807, 2.05) is 12.1 Å². The number of aryl methyl sites for hydroxylation is 1. The summed E-state index contributed by atoms with van der Waals surface area (Å²) in [6, 6.07) is 10.5. The molecule has 0 aliphatic rings. The van der Waals surface area contributed by atoms with Crippen LogP contribution in [-0.4, -0.2) is 18.2 Å². The summed E-state index contributed by atoms with van der Waals surface area (Å²) in [5, 5.41) is 10.6. The van der Waals surface area contributed by atoms with Crippen LogP contribution in [0.4, 0.5) is 0 Å². The van der Waals surface area contributed by atoms with Gasteiger partial charge in [-0.25, -0.2) is 0 Å². The van der Waals surface area contributed by atoms with Crippen LogP contribution in [0.25, 0.3) is 0 Å². The number of esters is 1. The second kappa shape index (κ2) is 12.2. The smallest absolute Gasteiger partial charge is 0.305 e. The van der Waals surface area contributed by atoms with Gasteiger partial charge < -0.3 is 14.4 Å². The molecule has 0 aliphatic heterocycles. The molecule has 0 bridgehead atoms. The maximum Gasteiger partial charge on any atom is 0.305 e. The third-order valence-electron chi connectivity index (χ3n) is 6.41. The Kier molecular flexibility index (Phi) is 10.9. The minimum Gasteiger partial charge on any atom is -0.507 e.